The highest BCUT2D eigenvalue weighted by molar-refractivity contribution is 7.15. The van der Waals surface area contributed by atoms with E-state index in [-0.39, 0.29) is 0 Å². The largest absolute Gasteiger partial charge is 0.172 e. The number of hydrogen-bond acceptors (Lipinski definition) is 4. The van der Waals surface area contributed by atoms with Gasteiger partial charge in [-0.25, -0.2) is 0 Å². The monoisotopic (exact) mass is 310 g/mol. The van der Waals surface area contributed by atoms with Gasteiger partial charge in [-0.2, -0.15) is 8.75 Å². The van der Waals surface area contributed by atoms with Crippen molar-refractivity contribution in [2.75, 3.05) is 0 Å². The van der Waals surface area contributed by atoms with E-state index in [1.807, 2.05) is 11.3 Å². The molecule has 2 nitrogen and oxygen atoms in total. The average Bonchev–Trinajstić information content (AvgIpc) is 3.18. The number of fused-ring (bicyclic) bond motifs is 1. The lowest BCUT2D eigenvalue weighted by atomic mass is 9.99. The van der Waals surface area contributed by atoms with E-state index in [0.29, 0.717) is 0 Å². The summed E-state index contributed by atoms with van der Waals surface area (Å²) < 4.78 is 9.10. The van der Waals surface area contributed by atoms with Crippen LogP contribution in [0.25, 0.3) is 27.0 Å². The van der Waals surface area contributed by atoms with Gasteiger partial charge in [-0.05, 0) is 38.0 Å². The molecule has 4 rings (SSSR count). The summed E-state index contributed by atoms with van der Waals surface area (Å²) in [7, 11) is 0. The minimum absolute atomic E-state index is 1.02. The van der Waals surface area contributed by atoms with Crippen LogP contribution in [0.3, 0.4) is 0 Å². The van der Waals surface area contributed by atoms with E-state index in [1.54, 1.807) is 0 Å². The van der Waals surface area contributed by atoms with Crippen molar-refractivity contribution < 1.29 is 0 Å². The van der Waals surface area contributed by atoms with E-state index < -0.39 is 0 Å². The second-order valence-corrected chi connectivity index (χ2v) is 7.23. The van der Waals surface area contributed by atoms with E-state index in [1.165, 1.54) is 43.8 Å². The van der Waals surface area contributed by atoms with Gasteiger partial charge in [0.2, 0.25) is 0 Å². The molecule has 1 aliphatic rings. The SMILES string of the molecule is CC1=CC=C(c2ccc(-c3ccc(C)s3)c3nsnc23)C1. The number of nitrogens with zero attached hydrogens (tertiary/aromatic N) is 2. The van der Waals surface area contributed by atoms with Crippen LogP contribution >= 0.6 is 23.1 Å². The highest BCUT2D eigenvalue weighted by atomic mass is 32.1. The fourth-order valence-electron chi connectivity index (χ4n) is 2.75. The quantitative estimate of drug-likeness (QED) is 0.628. The molecular weight excluding hydrogens is 296 g/mol. The molecule has 3 aromatic rings. The minimum Gasteiger partial charge on any atom is -0.172 e. The van der Waals surface area contributed by atoms with Crippen molar-refractivity contribution in [3.63, 3.8) is 0 Å². The van der Waals surface area contributed by atoms with E-state index in [4.69, 9.17) is 0 Å². The summed E-state index contributed by atoms with van der Waals surface area (Å²) in [6, 6.07) is 8.73. The first-order valence-corrected chi connectivity index (χ1v) is 8.46. The predicted molar refractivity (Wildman–Crippen MR) is 91.8 cm³/mol. The number of hydrogen-bond donors (Lipinski definition) is 0. The Labute approximate surface area is 131 Å². The third-order valence-corrected chi connectivity index (χ3v) is 5.37. The number of benzene rings is 1. The minimum atomic E-state index is 1.02. The summed E-state index contributed by atoms with van der Waals surface area (Å²) in [5, 5.41) is 0. The zero-order valence-corrected chi connectivity index (χ0v) is 13.5. The highest BCUT2D eigenvalue weighted by Gasteiger charge is 2.16. The van der Waals surface area contributed by atoms with Crippen LogP contribution in [0.2, 0.25) is 0 Å². The maximum absolute atomic E-state index is 4.55. The lowest BCUT2D eigenvalue weighted by Gasteiger charge is -2.06. The molecule has 0 atom stereocenters. The molecule has 0 aliphatic heterocycles. The number of aryl methyl sites for hydroxylation is 1. The van der Waals surface area contributed by atoms with Crippen molar-refractivity contribution in [3.8, 4) is 10.4 Å². The third-order valence-electron chi connectivity index (χ3n) is 3.81. The molecule has 1 aliphatic carbocycles. The summed E-state index contributed by atoms with van der Waals surface area (Å²) in [6.07, 6.45) is 5.42. The van der Waals surface area contributed by atoms with Crippen molar-refractivity contribution in [1.82, 2.24) is 8.75 Å². The molecule has 4 heteroatoms. The van der Waals surface area contributed by atoms with Crippen molar-refractivity contribution >= 4 is 39.7 Å². The van der Waals surface area contributed by atoms with Gasteiger partial charge in [-0.3, -0.25) is 0 Å². The Kier molecular flexibility index (Phi) is 3.01. The lowest BCUT2D eigenvalue weighted by Crippen LogP contribution is -1.87. The van der Waals surface area contributed by atoms with Crippen LogP contribution in [0.5, 0.6) is 0 Å². The second kappa shape index (κ2) is 4.90. The molecule has 0 saturated heterocycles. The normalized spacial score (nSPS) is 14.6. The van der Waals surface area contributed by atoms with Crippen molar-refractivity contribution in [1.29, 1.82) is 0 Å². The summed E-state index contributed by atoms with van der Waals surface area (Å²) in [5.41, 5.74) is 7.24. The van der Waals surface area contributed by atoms with Gasteiger partial charge in [-0.1, -0.05) is 29.9 Å². The topological polar surface area (TPSA) is 25.8 Å². The molecule has 0 bridgehead atoms. The zero-order valence-electron chi connectivity index (χ0n) is 11.9. The van der Waals surface area contributed by atoms with Crippen LogP contribution in [0.15, 0.2) is 42.0 Å². The van der Waals surface area contributed by atoms with Crippen molar-refractivity contribution in [3.05, 3.63) is 52.4 Å². The first kappa shape index (κ1) is 12.9. The molecule has 0 radical (unpaired) electrons. The maximum Gasteiger partial charge on any atom is 0.114 e. The van der Waals surface area contributed by atoms with Gasteiger partial charge in [0.1, 0.15) is 11.0 Å². The molecule has 1 aromatic carbocycles. The smallest absolute Gasteiger partial charge is 0.114 e. The first-order valence-electron chi connectivity index (χ1n) is 6.91. The molecule has 21 heavy (non-hydrogen) atoms. The molecule has 0 amide bonds. The molecule has 0 fully saturated rings. The van der Waals surface area contributed by atoms with E-state index in [2.05, 4.69) is 59.0 Å². The van der Waals surface area contributed by atoms with E-state index >= 15 is 0 Å². The number of rotatable bonds is 2. The molecule has 104 valence electrons. The Morgan fingerprint density at radius 2 is 1.67 bits per heavy atom. The Hall–Kier alpha value is -1.78. The molecule has 2 heterocycles. The van der Waals surface area contributed by atoms with Gasteiger partial charge < -0.3 is 0 Å². The molecule has 0 unspecified atom stereocenters. The molecule has 2 aromatic heterocycles. The zero-order chi connectivity index (χ0) is 14.4. The second-order valence-electron chi connectivity index (χ2n) is 5.41. The number of thiophene rings is 1. The summed E-state index contributed by atoms with van der Waals surface area (Å²) in [6.45, 7) is 4.31. The highest BCUT2D eigenvalue weighted by Crippen LogP contribution is 2.38. The van der Waals surface area contributed by atoms with Gasteiger partial charge in [0.15, 0.2) is 0 Å². The van der Waals surface area contributed by atoms with Crippen LogP contribution in [0.1, 0.15) is 23.8 Å². The molecule has 0 saturated carbocycles. The van der Waals surface area contributed by atoms with Gasteiger partial charge in [-0.15, -0.1) is 11.3 Å². The van der Waals surface area contributed by atoms with E-state index in [9.17, 15) is 0 Å². The van der Waals surface area contributed by atoms with Crippen LogP contribution in [-0.2, 0) is 0 Å². The maximum atomic E-state index is 4.55. The van der Waals surface area contributed by atoms with Gasteiger partial charge in [0, 0.05) is 20.9 Å². The summed E-state index contributed by atoms with van der Waals surface area (Å²) in [4.78, 5) is 2.59. The van der Waals surface area contributed by atoms with E-state index in [0.717, 1.165) is 17.5 Å². The Morgan fingerprint density at radius 1 is 0.905 bits per heavy atom. The Morgan fingerprint density at radius 3 is 2.33 bits per heavy atom. The average molecular weight is 310 g/mol. The van der Waals surface area contributed by atoms with Crippen molar-refractivity contribution in [2.24, 2.45) is 0 Å². The lowest BCUT2D eigenvalue weighted by molar-refractivity contribution is 1.26. The molecular formula is C17H14N2S2. The fourth-order valence-corrected chi connectivity index (χ4v) is 4.22. The first-order chi connectivity index (χ1) is 10.2. The van der Waals surface area contributed by atoms with Crippen LogP contribution in [-0.4, -0.2) is 8.75 Å². The number of allylic oxidation sites excluding steroid dienone is 4. The van der Waals surface area contributed by atoms with Crippen molar-refractivity contribution in [2.45, 2.75) is 20.3 Å². The number of aromatic nitrogens is 2. The van der Waals surface area contributed by atoms with Crippen LogP contribution in [0.4, 0.5) is 0 Å². The van der Waals surface area contributed by atoms with Gasteiger partial charge >= 0.3 is 0 Å². The third kappa shape index (κ3) is 2.15. The fraction of sp³-hybridized carbons (Fsp3) is 0.176. The Bertz CT molecular complexity index is 897. The van der Waals surface area contributed by atoms with Gasteiger partial charge in [0.05, 0.1) is 11.7 Å². The molecule has 0 spiro atoms. The summed E-state index contributed by atoms with van der Waals surface area (Å²) >= 11 is 3.11. The van der Waals surface area contributed by atoms with Crippen LogP contribution < -0.4 is 0 Å². The molecule has 0 N–H and O–H groups in total. The van der Waals surface area contributed by atoms with Gasteiger partial charge in [0.25, 0.3) is 0 Å². The predicted octanol–water partition coefficient (Wildman–Crippen LogP) is 5.46. The standard InChI is InChI=1S/C17H14N2S2/c1-10-3-5-12(9-10)13-6-7-14(15-8-4-11(2)20-15)17-16(13)18-21-19-17/h3-8H,9H2,1-2H3. The summed E-state index contributed by atoms with van der Waals surface area (Å²) in [5.74, 6) is 0. The Balaban J connectivity index is 1.89. The van der Waals surface area contributed by atoms with Crippen LogP contribution in [0, 0.1) is 6.92 Å².